The second kappa shape index (κ2) is 7.29. The molecule has 0 unspecified atom stereocenters. The monoisotopic (exact) mass is 247 g/mol. The summed E-state index contributed by atoms with van der Waals surface area (Å²) in [6.45, 7) is 9.29. The van der Waals surface area contributed by atoms with Crippen molar-refractivity contribution in [3.8, 4) is 5.75 Å². The number of carbonyl (C=O) groups is 1. The van der Waals surface area contributed by atoms with Gasteiger partial charge in [-0.05, 0) is 24.3 Å². The highest BCUT2D eigenvalue weighted by Crippen LogP contribution is 2.11. The number of ether oxygens (including phenoxy) is 1. The number of hydrogen-bond donors (Lipinski definition) is 1. The first-order valence-electron chi connectivity index (χ1n) is 5.67. The first-order chi connectivity index (χ1) is 8.67. The molecule has 4 heteroatoms. The number of carboxylic acid groups (broad SMARTS) is 1. The smallest absolute Gasteiger partial charge is 0.222 e. The molecule has 0 atom stereocenters. The third-order valence-electron chi connectivity index (χ3n) is 2.38. The topological polar surface area (TPSA) is 53.8 Å². The zero-order valence-electron chi connectivity index (χ0n) is 10.2. The lowest BCUT2D eigenvalue weighted by molar-refractivity contribution is -0.904. The van der Waals surface area contributed by atoms with Gasteiger partial charge in [0.05, 0.1) is 19.1 Å². The van der Waals surface area contributed by atoms with E-state index in [-0.39, 0.29) is 5.56 Å². The fourth-order valence-corrected chi connectivity index (χ4v) is 1.51. The van der Waals surface area contributed by atoms with E-state index in [2.05, 4.69) is 13.2 Å². The molecule has 0 fully saturated rings. The number of benzene rings is 1. The molecule has 0 aliphatic heterocycles. The summed E-state index contributed by atoms with van der Waals surface area (Å²) < 4.78 is 5.54. The fraction of sp³-hybridized carbons (Fsp3) is 0.214. The van der Waals surface area contributed by atoms with Crippen LogP contribution in [0.5, 0.6) is 5.75 Å². The maximum absolute atomic E-state index is 10.7. The number of carboxylic acids is 1. The summed E-state index contributed by atoms with van der Waals surface area (Å²) in [7, 11) is 0. The molecule has 4 nitrogen and oxygen atoms in total. The highest BCUT2D eigenvalue weighted by molar-refractivity contribution is 5.86. The SMILES string of the molecule is C=CC[NH+](CC=C)COc1cccc(C(=O)[O-])c1. The third kappa shape index (κ3) is 4.43. The lowest BCUT2D eigenvalue weighted by atomic mass is 10.2. The van der Waals surface area contributed by atoms with Gasteiger partial charge >= 0.3 is 0 Å². The maximum atomic E-state index is 10.7. The maximum Gasteiger partial charge on any atom is 0.222 e. The number of aromatic carboxylic acids is 1. The van der Waals surface area contributed by atoms with Crippen molar-refractivity contribution < 1.29 is 19.5 Å². The average molecular weight is 247 g/mol. The summed E-state index contributed by atoms with van der Waals surface area (Å²) in [5.74, 6) is -0.691. The van der Waals surface area contributed by atoms with Gasteiger partial charge in [0.15, 0.2) is 0 Å². The van der Waals surface area contributed by atoms with Crippen LogP contribution in [0.1, 0.15) is 10.4 Å². The summed E-state index contributed by atoms with van der Waals surface area (Å²) >= 11 is 0. The third-order valence-corrected chi connectivity index (χ3v) is 2.38. The largest absolute Gasteiger partial charge is 0.545 e. The van der Waals surface area contributed by atoms with E-state index in [1.54, 1.807) is 24.3 Å². The van der Waals surface area contributed by atoms with Crippen molar-refractivity contribution in [2.24, 2.45) is 0 Å². The molecule has 0 aromatic heterocycles. The van der Waals surface area contributed by atoms with Crippen LogP contribution in [0, 0.1) is 0 Å². The molecule has 0 amide bonds. The molecule has 1 aromatic rings. The minimum Gasteiger partial charge on any atom is -0.545 e. The molecule has 1 rings (SSSR count). The Kier molecular flexibility index (Phi) is 5.67. The minimum absolute atomic E-state index is 0.112. The summed E-state index contributed by atoms with van der Waals surface area (Å²) in [5.41, 5.74) is 0.112. The van der Waals surface area contributed by atoms with Crippen LogP contribution >= 0.6 is 0 Å². The molecular weight excluding hydrogens is 230 g/mol. The summed E-state index contributed by atoms with van der Waals surface area (Å²) in [6, 6.07) is 6.27. The molecule has 1 N–H and O–H groups in total. The standard InChI is InChI=1S/C14H17NO3/c1-3-8-15(9-4-2)11-18-13-7-5-6-12(10-13)14(16)17/h3-7,10H,1-2,8-9,11H2,(H,16,17). The molecule has 0 saturated heterocycles. The van der Waals surface area contributed by atoms with Crippen molar-refractivity contribution in [3.05, 3.63) is 55.1 Å². The van der Waals surface area contributed by atoms with Crippen LogP contribution in [0.2, 0.25) is 0 Å². The second-order valence-corrected chi connectivity index (χ2v) is 3.84. The van der Waals surface area contributed by atoms with E-state index in [9.17, 15) is 9.90 Å². The van der Waals surface area contributed by atoms with Gasteiger partial charge in [0, 0.05) is 5.56 Å². The van der Waals surface area contributed by atoms with Gasteiger partial charge in [0.2, 0.25) is 6.73 Å². The summed E-state index contributed by atoms with van der Waals surface area (Å²) in [6.07, 6.45) is 3.61. The normalized spacial score (nSPS) is 10.1. The van der Waals surface area contributed by atoms with Crippen LogP contribution in [0.3, 0.4) is 0 Å². The Labute approximate surface area is 107 Å². The first kappa shape index (κ1) is 14.0. The van der Waals surface area contributed by atoms with E-state index in [0.29, 0.717) is 12.5 Å². The molecule has 0 saturated carbocycles. The van der Waals surface area contributed by atoms with E-state index in [1.807, 2.05) is 0 Å². The Morgan fingerprint density at radius 3 is 2.56 bits per heavy atom. The quantitative estimate of drug-likeness (QED) is 0.504. The van der Waals surface area contributed by atoms with Crippen molar-refractivity contribution in [3.63, 3.8) is 0 Å². The molecule has 96 valence electrons. The van der Waals surface area contributed by atoms with Gasteiger partial charge < -0.3 is 14.6 Å². The predicted octanol–water partition coefficient (Wildman–Crippen LogP) is -0.357. The summed E-state index contributed by atoms with van der Waals surface area (Å²) in [4.78, 5) is 11.8. The zero-order valence-corrected chi connectivity index (χ0v) is 10.2. The minimum atomic E-state index is -1.21. The van der Waals surface area contributed by atoms with Crippen molar-refractivity contribution in [2.75, 3.05) is 19.8 Å². The number of quaternary nitrogens is 1. The van der Waals surface area contributed by atoms with Crippen molar-refractivity contribution in [2.45, 2.75) is 0 Å². The molecule has 0 aliphatic rings. The van der Waals surface area contributed by atoms with E-state index >= 15 is 0 Å². The Hall–Kier alpha value is -2.07. The molecular formula is C14H17NO3. The highest BCUT2D eigenvalue weighted by Gasteiger charge is 2.05. The lowest BCUT2D eigenvalue weighted by Crippen LogP contribution is -3.12. The Balaban J connectivity index is 2.60. The van der Waals surface area contributed by atoms with Crippen LogP contribution in [0.15, 0.2) is 49.6 Å². The summed E-state index contributed by atoms with van der Waals surface area (Å²) in [5, 5.41) is 10.7. The average Bonchev–Trinajstić information content (AvgIpc) is 2.37. The number of rotatable bonds is 8. The molecule has 0 bridgehead atoms. The molecule has 0 radical (unpaired) electrons. The van der Waals surface area contributed by atoms with Gasteiger partial charge in [0.25, 0.3) is 0 Å². The van der Waals surface area contributed by atoms with Crippen LogP contribution in [-0.2, 0) is 0 Å². The van der Waals surface area contributed by atoms with E-state index in [0.717, 1.165) is 18.0 Å². The van der Waals surface area contributed by atoms with Gasteiger partial charge in [-0.3, -0.25) is 4.90 Å². The fourth-order valence-electron chi connectivity index (χ4n) is 1.51. The molecule has 1 aromatic carbocycles. The van der Waals surface area contributed by atoms with Crippen molar-refractivity contribution in [1.82, 2.24) is 0 Å². The van der Waals surface area contributed by atoms with E-state index in [1.165, 1.54) is 12.1 Å². The molecule has 0 spiro atoms. The van der Waals surface area contributed by atoms with Crippen LogP contribution in [-0.4, -0.2) is 25.8 Å². The first-order valence-corrected chi connectivity index (χ1v) is 5.67. The van der Waals surface area contributed by atoms with Gasteiger partial charge in [-0.1, -0.05) is 25.3 Å². The van der Waals surface area contributed by atoms with Gasteiger partial charge in [-0.25, -0.2) is 0 Å². The van der Waals surface area contributed by atoms with Crippen molar-refractivity contribution >= 4 is 5.97 Å². The van der Waals surface area contributed by atoms with Gasteiger partial charge in [-0.2, -0.15) is 0 Å². The Morgan fingerprint density at radius 2 is 2.00 bits per heavy atom. The zero-order chi connectivity index (χ0) is 13.4. The van der Waals surface area contributed by atoms with Crippen molar-refractivity contribution in [1.29, 1.82) is 0 Å². The number of carbonyl (C=O) groups excluding carboxylic acids is 1. The molecule has 0 aliphatic carbocycles. The lowest BCUT2D eigenvalue weighted by Gasteiger charge is -2.16. The van der Waals surface area contributed by atoms with E-state index in [4.69, 9.17) is 4.74 Å². The Bertz CT molecular complexity index is 419. The van der Waals surface area contributed by atoms with Gasteiger partial charge in [0.1, 0.15) is 5.75 Å². The van der Waals surface area contributed by atoms with E-state index < -0.39 is 5.97 Å². The van der Waals surface area contributed by atoms with Crippen LogP contribution in [0.4, 0.5) is 0 Å². The van der Waals surface area contributed by atoms with Crippen LogP contribution < -0.4 is 14.7 Å². The molecule has 18 heavy (non-hydrogen) atoms. The highest BCUT2D eigenvalue weighted by atomic mass is 16.5. The Morgan fingerprint density at radius 1 is 1.33 bits per heavy atom. The number of hydrogen-bond acceptors (Lipinski definition) is 3. The predicted molar refractivity (Wildman–Crippen MR) is 67.4 cm³/mol. The van der Waals surface area contributed by atoms with Gasteiger partial charge in [-0.15, -0.1) is 0 Å². The number of nitrogens with one attached hydrogen (secondary N) is 1. The van der Waals surface area contributed by atoms with Crippen LogP contribution in [0.25, 0.3) is 0 Å². The molecule has 0 heterocycles. The second-order valence-electron chi connectivity index (χ2n) is 3.84.